The molecule has 0 heterocycles. The van der Waals surface area contributed by atoms with E-state index < -0.39 is 0 Å². The Morgan fingerprint density at radius 3 is 2.38 bits per heavy atom. The minimum atomic E-state index is 0.767. The van der Waals surface area contributed by atoms with Gasteiger partial charge in [-0.05, 0) is 66.0 Å². The third kappa shape index (κ3) is 4.32. The third-order valence-electron chi connectivity index (χ3n) is 5.86. The van der Waals surface area contributed by atoms with Crippen molar-refractivity contribution in [1.82, 2.24) is 0 Å². The van der Waals surface area contributed by atoms with Gasteiger partial charge in [0.1, 0.15) is 5.75 Å². The van der Waals surface area contributed by atoms with Gasteiger partial charge in [-0.3, -0.25) is 0 Å². The molecule has 0 saturated heterocycles. The molecule has 0 radical (unpaired) electrons. The van der Waals surface area contributed by atoms with E-state index in [0.717, 1.165) is 17.6 Å². The number of ether oxygens (including phenoxy) is 1. The minimum Gasteiger partial charge on any atom is -0.497 e. The number of benzene rings is 2. The van der Waals surface area contributed by atoms with Gasteiger partial charge in [0, 0.05) is 0 Å². The molecule has 1 aliphatic carbocycles. The summed E-state index contributed by atoms with van der Waals surface area (Å²) in [5.74, 6) is 2.70. The number of hydrogen-bond acceptors (Lipinski definition) is 1. The van der Waals surface area contributed by atoms with Crippen LogP contribution in [0, 0.1) is 5.92 Å². The van der Waals surface area contributed by atoms with Crippen LogP contribution >= 0.6 is 0 Å². The van der Waals surface area contributed by atoms with Crippen molar-refractivity contribution in [3.05, 3.63) is 42.0 Å². The number of fused-ring (bicyclic) bond motifs is 1. The smallest absolute Gasteiger partial charge is 0.119 e. The molecule has 24 heavy (non-hydrogen) atoms. The van der Waals surface area contributed by atoms with Crippen LogP contribution in [0.15, 0.2) is 36.4 Å². The van der Waals surface area contributed by atoms with Crippen LogP contribution in [0.5, 0.6) is 5.75 Å². The summed E-state index contributed by atoms with van der Waals surface area (Å²) in [6.45, 7) is 2.30. The molecule has 1 saturated carbocycles. The highest BCUT2D eigenvalue weighted by atomic mass is 16.5. The van der Waals surface area contributed by atoms with E-state index in [1.54, 1.807) is 7.11 Å². The molecular weight excluding hydrogens is 292 g/mol. The number of hydrogen-bond donors (Lipinski definition) is 0. The Balaban J connectivity index is 1.57. The Bertz CT molecular complexity index is 638. The van der Waals surface area contributed by atoms with Crippen molar-refractivity contribution in [2.45, 2.75) is 70.6 Å². The fourth-order valence-electron chi connectivity index (χ4n) is 4.27. The molecule has 0 aliphatic heterocycles. The zero-order valence-corrected chi connectivity index (χ0v) is 15.4. The highest BCUT2D eigenvalue weighted by Crippen LogP contribution is 2.38. The molecule has 1 heteroatoms. The number of methoxy groups -OCH3 is 1. The van der Waals surface area contributed by atoms with E-state index in [1.807, 2.05) is 0 Å². The van der Waals surface area contributed by atoms with Gasteiger partial charge in [0.15, 0.2) is 0 Å². The van der Waals surface area contributed by atoms with Crippen molar-refractivity contribution in [3.63, 3.8) is 0 Å². The number of unbranched alkanes of at least 4 members (excludes halogenated alkanes) is 3. The van der Waals surface area contributed by atoms with Crippen LogP contribution in [0.3, 0.4) is 0 Å². The summed E-state index contributed by atoms with van der Waals surface area (Å²) in [7, 11) is 1.73. The molecule has 1 fully saturated rings. The third-order valence-corrected chi connectivity index (χ3v) is 5.86. The lowest BCUT2D eigenvalue weighted by Crippen LogP contribution is -2.13. The van der Waals surface area contributed by atoms with Crippen molar-refractivity contribution >= 4 is 10.8 Å². The molecule has 1 nitrogen and oxygen atoms in total. The summed E-state index contributed by atoms with van der Waals surface area (Å²) < 4.78 is 5.33. The van der Waals surface area contributed by atoms with Crippen LogP contribution in [0.1, 0.15) is 76.2 Å². The molecule has 130 valence electrons. The lowest BCUT2D eigenvalue weighted by molar-refractivity contribution is 0.302. The molecular formula is C23H32O. The molecule has 1 aliphatic rings. The molecule has 0 aromatic heterocycles. The predicted molar refractivity (Wildman–Crippen MR) is 104 cm³/mol. The van der Waals surface area contributed by atoms with Crippen LogP contribution in [0.25, 0.3) is 10.8 Å². The normalized spacial score (nSPS) is 21.1. The van der Waals surface area contributed by atoms with Crippen molar-refractivity contribution in [2.75, 3.05) is 7.11 Å². The topological polar surface area (TPSA) is 9.23 Å². The Morgan fingerprint density at radius 2 is 1.62 bits per heavy atom. The molecule has 2 aromatic carbocycles. The summed E-state index contributed by atoms with van der Waals surface area (Å²) in [5, 5.41) is 2.62. The Kier molecular flexibility index (Phi) is 6.18. The van der Waals surface area contributed by atoms with Crippen LogP contribution < -0.4 is 4.74 Å². The first-order chi connectivity index (χ1) is 11.8. The SMILES string of the molecule is CCCCCC[C@H]1CC[C@H](c2ccc3cc(OC)ccc3c2)CC1. The average Bonchev–Trinajstić information content (AvgIpc) is 2.65. The van der Waals surface area contributed by atoms with Gasteiger partial charge in [0.05, 0.1) is 7.11 Å². The zero-order valence-electron chi connectivity index (χ0n) is 15.4. The van der Waals surface area contributed by atoms with E-state index in [0.29, 0.717) is 0 Å². The van der Waals surface area contributed by atoms with Crippen LogP contribution in [-0.2, 0) is 0 Å². The van der Waals surface area contributed by atoms with E-state index >= 15 is 0 Å². The molecule has 0 bridgehead atoms. The van der Waals surface area contributed by atoms with Crippen LogP contribution in [0.2, 0.25) is 0 Å². The van der Waals surface area contributed by atoms with Gasteiger partial charge in [0.2, 0.25) is 0 Å². The highest BCUT2D eigenvalue weighted by molar-refractivity contribution is 5.84. The second-order valence-electron chi connectivity index (χ2n) is 7.54. The van der Waals surface area contributed by atoms with E-state index in [4.69, 9.17) is 4.74 Å². The molecule has 0 N–H and O–H groups in total. The van der Waals surface area contributed by atoms with Crippen molar-refractivity contribution in [2.24, 2.45) is 5.92 Å². The summed E-state index contributed by atoms with van der Waals surface area (Å²) in [6.07, 6.45) is 12.7. The first kappa shape index (κ1) is 17.3. The molecule has 0 amide bonds. The summed E-state index contributed by atoms with van der Waals surface area (Å²) in [5.41, 5.74) is 1.54. The van der Waals surface area contributed by atoms with Crippen molar-refractivity contribution in [1.29, 1.82) is 0 Å². The van der Waals surface area contributed by atoms with Crippen molar-refractivity contribution < 1.29 is 4.74 Å². The first-order valence-corrected chi connectivity index (χ1v) is 9.88. The summed E-state index contributed by atoms with van der Waals surface area (Å²) in [4.78, 5) is 0. The first-order valence-electron chi connectivity index (χ1n) is 9.88. The van der Waals surface area contributed by atoms with Crippen molar-refractivity contribution in [3.8, 4) is 5.75 Å². The molecule has 2 aromatic rings. The van der Waals surface area contributed by atoms with E-state index in [1.165, 1.54) is 74.1 Å². The van der Waals surface area contributed by atoms with Gasteiger partial charge in [-0.25, -0.2) is 0 Å². The Morgan fingerprint density at radius 1 is 0.875 bits per heavy atom. The van der Waals surface area contributed by atoms with E-state index in [-0.39, 0.29) is 0 Å². The molecule has 0 unspecified atom stereocenters. The van der Waals surface area contributed by atoms with Gasteiger partial charge in [0.25, 0.3) is 0 Å². The van der Waals surface area contributed by atoms with Gasteiger partial charge >= 0.3 is 0 Å². The Hall–Kier alpha value is -1.50. The lowest BCUT2D eigenvalue weighted by Gasteiger charge is -2.29. The molecule has 3 rings (SSSR count). The second kappa shape index (κ2) is 8.55. The maximum absolute atomic E-state index is 5.33. The van der Waals surface area contributed by atoms with Crippen LogP contribution in [0.4, 0.5) is 0 Å². The van der Waals surface area contributed by atoms with E-state index in [9.17, 15) is 0 Å². The maximum atomic E-state index is 5.33. The fraction of sp³-hybridized carbons (Fsp3) is 0.565. The largest absolute Gasteiger partial charge is 0.497 e. The highest BCUT2D eigenvalue weighted by Gasteiger charge is 2.22. The fourth-order valence-corrected chi connectivity index (χ4v) is 4.27. The van der Waals surface area contributed by atoms with Crippen LogP contribution in [-0.4, -0.2) is 7.11 Å². The summed E-state index contributed by atoms with van der Waals surface area (Å²) >= 11 is 0. The second-order valence-corrected chi connectivity index (χ2v) is 7.54. The monoisotopic (exact) mass is 324 g/mol. The van der Waals surface area contributed by atoms with Gasteiger partial charge in [-0.15, -0.1) is 0 Å². The quantitative estimate of drug-likeness (QED) is 0.494. The minimum absolute atomic E-state index is 0.767. The predicted octanol–water partition coefficient (Wildman–Crippen LogP) is 7.09. The maximum Gasteiger partial charge on any atom is 0.119 e. The number of rotatable bonds is 7. The van der Waals surface area contributed by atoms with Gasteiger partial charge < -0.3 is 4.74 Å². The zero-order chi connectivity index (χ0) is 16.8. The van der Waals surface area contributed by atoms with Gasteiger partial charge in [-0.2, -0.15) is 0 Å². The standard InChI is InChI=1S/C23H32O/c1-3-4-5-6-7-18-8-10-19(11-9-18)20-12-13-22-17-23(24-2)15-14-21(22)16-20/h12-19H,3-11H2,1-2H3/t18-,19-. The molecule has 0 spiro atoms. The Labute approximate surface area is 147 Å². The van der Waals surface area contributed by atoms with Gasteiger partial charge in [-0.1, -0.05) is 63.3 Å². The molecule has 0 atom stereocenters. The average molecular weight is 325 g/mol. The van der Waals surface area contributed by atoms with E-state index in [2.05, 4.69) is 43.3 Å². The summed E-state index contributed by atoms with van der Waals surface area (Å²) in [6, 6.07) is 13.4. The lowest BCUT2D eigenvalue weighted by atomic mass is 9.77.